The minimum Gasteiger partial charge on any atom is -0.488 e. The topological polar surface area (TPSA) is 418 Å². The predicted octanol–water partition coefficient (Wildman–Crippen LogP) is 7.37. The Morgan fingerprint density at radius 1 is 0.856 bits per heavy atom. The van der Waals surface area contributed by atoms with Gasteiger partial charge in [-0.05, 0) is 112 Å². The molecular formula is C63H76N9O21P3S. The molecule has 0 aliphatic carbocycles. The van der Waals surface area contributed by atoms with E-state index in [1.54, 1.807) is 48.6 Å². The van der Waals surface area contributed by atoms with Crippen LogP contribution >= 0.6 is 34.8 Å². The van der Waals surface area contributed by atoms with Gasteiger partial charge in [0.2, 0.25) is 11.8 Å². The maximum absolute atomic E-state index is 14.2. The van der Waals surface area contributed by atoms with Crippen LogP contribution in [-0.4, -0.2) is 150 Å². The van der Waals surface area contributed by atoms with Crippen LogP contribution in [0.25, 0.3) is 42.9 Å². The number of thiazole rings is 1. The number of benzene rings is 4. The minimum atomic E-state index is -5.72. The smallest absolute Gasteiger partial charge is 0.488 e. The molecular weight excluding hydrogens is 1340 g/mol. The average molecular weight is 1420 g/mol. The van der Waals surface area contributed by atoms with Crippen molar-refractivity contribution in [2.75, 3.05) is 70.6 Å². The molecule has 0 bridgehead atoms. The van der Waals surface area contributed by atoms with Crippen molar-refractivity contribution in [3.8, 4) is 27.4 Å². The molecule has 30 nitrogen and oxygen atoms in total. The van der Waals surface area contributed by atoms with Crippen LogP contribution in [0.1, 0.15) is 84.6 Å². The van der Waals surface area contributed by atoms with Gasteiger partial charge in [-0.25, -0.2) is 28.3 Å². The Bertz CT molecular complexity index is 4090. The highest BCUT2D eigenvalue weighted by molar-refractivity contribution is 7.66. The molecule has 34 heteroatoms. The van der Waals surface area contributed by atoms with E-state index in [1.807, 2.05) is 42.5 Å². The van der Waals surface area contributed by atoms with Crippen LogP contribution in [0.15, 0.2) is 131 Å². The largest absolute Gasteiger partial charge is 0.490 e. The van der Waals surface area contributed by atoms with Crippen LogP contribution in [0.4, 0.5) is 10.5 Å². The van der Waals surface area contributed by atoms with E-state index < -0.39 is 79.0 Å². The number of ether oxygens (including phenoxy) is 4. The average Bonchev–Trinajstić information content (AvgIpc) is 1.52. The van der Waals surface area contributed by atoms with E-state index in [0.717, 1.165) is 59.2 Å². The maximum atomic E-state index is 14.2. The van der Waals surface area contributed by atoms with E-state index in [9.17, 15) is 52.2 Å². The van der Waals surface area contributed by atoms with Gasteiger partial charge >= 0.3 is 35.1 Å². The van der Waals surface area contributed by atoms with Crippen molar-refractivity contribution in [2.24, 2.45) is 5.73 Å². The number of rotatable bonds is 35. The second-order valence-corrected chi connectivity index (χ2v) is 27.9. The van der Waals surface area contributed by atoms with Gasteiger partial charge in [-0.15, -0.1) is 17.9 Å². The summed E-state index contributed by atoms with van der Waals surface area (Å²) in [6.45, 7) is 7.29. The number of carbonyl (C=O) groups is 5. The number of hydrogen-bond donors (Lipinski definition) is 10. The highest BCUT2D eigenvalue weighted by Crippen LogP contribution is 2.66. The zero-order chi connectivity index (χ0) is 69.3. The van der Waals surface area contributed by atoms with Crippen LogP contribution in [-0.2, 0) is 57.1 Å². The molecule has 2 aromatic heterocycles. The summed E-state index contributed by atoms with van der Waals surface area (Å²) in [7, 11) is -16.7. The highest BCUT2D eigenvalue weighted by Gasteiger charge is 2.42. The van der Waals surface area contributed by atoms with Gasteiger partial charge in [-0.1, -0.05) is 54.6 Å². The summed E-state index contributed by atoms with van der Waals surface area (Å²) in [6.07, 6.45) is 6.99. The van der Waals surface area contributed by atoms with Crippen LogP contribution in [0.5, 0.6) is 5.75 Å². The van der Waals surface area contributed by atoms with Gasteiger partial charge in [0.05, 0.1) is 29.5 Å². The van der Waals surface area contributed by atoms with Crippen molar-refractivity contribution < 1.29 is 93.8 Å². The molecule has 1 fully saturated rings. The Morgan fingerprint density at radius 2 is 1.62 bits per heavy atom. The van der Waals surface area contributed by atoms with Crippen molar-refractivity contribution in [3.05, 3.63) is 149 Å². The number of amides is 6. The zero-order valence-electron chi connectivity index (χ0n) is 52.7. The second-order valence-electron chi connectivity index (χ2n) is 22.4. The molecule has 97 heavy (non-hydrogen) atoms. The number of nitrogens with one attached hydrogen (secondary N) is 5. The van der Waals surface area contributed by atoms with Crippen molar-refractivity contribution >= 4 is 91.3 Å². The number of anilines is 1. The molecule has 0 radical (unpaired) electrons. The summed E-state index contributed by atoms with van der Waals surface area (Å²) in [6, 6.07) is 24.7. The number of phosphoric ester groups is 1. The number of fused-ring (bicyclic) bond motifs is 3. The van der Waals surface area contributed by atoms with Crippen molar-refractivity contribution in [2.45, 2.75) is 89.5 Å². The first-order valence-corrected chi connectivity index (χ1v) is 36.5. The first kappa shape index (κ1) is 73.4. The lowest BCUT2D eigenvalue weighted by molar-refractivity contribution is -0.162. The Morgan fingerprint density at radius 3 is 2.40 bits per heavy atom. The summed E-state index contributed by atoms with van der Waals surface area (Å²) in [5.41, 5.74) is 11.5. The molecule has 11 N–H and O–H groups in total. The molecule has 520 valence electrons. The molecule has 3 aliphatic heterocycles. The van der Waals surface area contributed by atoms with Crippen LogP contribution < -0.4 is 47.6 Å². The minimum absolute atomic E-state index is 0.00386. The lowest BCUT2D eigenvalue weighted by atomic mass is 9.90. The van der Waals surface area contributed by atoms with Crippen molar-refractivity contribution in [1.82, 2.24) is 36.5 Å². The fourth-order valence-corrected chi connectivity index (χ4v) is 14.9. The first-order chi connectivity index (χ1) is 46.5. The predicted molar refractivity (Wildman–Crippen MR) is 358 cm³/mol. The number of aryl methyl sites for hydroxylation is 1. The van der Waals surface area contributed by atoms with Gasteiger partial charge in [0, 0.05) is 91.3 Å². The van der Waals surface area contributed by atoms with E-state index in [4.69, 9.17) is 43.9 Å². The van der Waals surface area contributed by atoms with E-state index in [-0.39, 0.29) is 63.3 Å². The third-order valence-corrected chi connectivity index (χ3v) is 20.2. The molecule has 6 amide bonds. The highest BCUT2D eigenvalue weighted by atomic mass is 32.1. The van der Waals surface area contributed by atoms with E-state index in [1.165, 1.54) is 28.5 Å². The lowest BCUT2D eigenvalue weighted by Gasteiger charge is -2.32. The SMILES string of the molecule is C=CCOC(COc1cccc(C(=O)NCCCCCNC(=O)CCCNC(=O)c2ccccc2-c2c(-c3nc4ccccc4s3)c(=O)oc3cc4c(cc23)CCCN4CC)c1)OCC(=O)NC/C=C/C1=CN([C@H]2CC[C@@H](COP(=O)(O)OP(=O)(O)OP(=O)(O)O)O2)C(=O)NC1N. The molecule has 6 aromatic rings. The molecule has 1 saturated heterocycles. The summed E-state index contributed by atoms with van der Waals surface area (Å²) >= 11 is 1.39. The molecule has 0 saturated carbocycles. The molecule has 5 heterocycles. The summed E-state index contributed by atoms with van der Waals surface area (Å²) < 4.78 is 76.7. The molecule has 4 unspecified atom stereocenters. The second kappa shape index (κ2) is 34.1. The number of aromatic nitrogens is 1. The Hall–Kier alpha value is -7.80. The number of unbranched alkanes of at least 4 members (excludes halogenated alkanes) is 2. The summed E-state index contributed by atoms with van der Waals surface area (Å²) in [5, 5.41) is 15.3. The van der Waals surface area contributed by atoms with E-state index in [2.05, 4.69) is 64.2 Å². The van der Waals surface area contributed by atoms with E-state index >= 15 is 0 Å². The van der Waals surface area contributed by atoms with Gasteiger partial charge < -0.3 is 80.2 Å². The summed E-state index contributed by atoms with van der Waals surface area (Å²) in [5.74, 6) is -1.02. The Kier molecular flexibility index (Phi) is 25.8. The number of nitrogens with zero attached hydrogens (tertiary/aromatic N) is 3. The lowest BCUT2D eigenvalue weighted by Crippen LogP contribution is -2.54. The van der Waals surface area contributed by atoms with Gasteiger partial charge in [0.25, 0.3) is 11.8 Å². The normalized spacial score (nSPS) is 18.0. The van der Waals surface area contributed by atoms with Gasteiger partial charge in [-0.2, -0.15) is 8.62 Å². The molecule has 4 aromatic carbocycles. The monoisotopic (exact) mass is 1420 g/mol. The number of phosphoric acid groups is 3. The number of nitrogens with two attached hydrogens (primary N) is 1. The standard InChI is InChI=1S/C63H76N9O21P3S/c1-3-32-86-55(88-38-53(74)66-29-13-17-42-36-72(63(78)70-58(42)64)54-26-25-44(90-54)37-89-95(82,83)93-96(84,85)92-94(79,80)81)39-87-43-19-12-16-41(33-43)59(75)67-28-11-5-10-27-65-52(73)24-14-30-68-60(76)46-21-7-6-20-45(46)56-47-34-40-18-15-31-71(4-2)49(40)35-50(47)91-62(77)57(56)61-69-48-22-8-9-23-51(48)97-61/h3,6-9,12-13,16-17,19-23,33-36,44,54-55,58H,1,4-5,10-11,14-15,18,24-32,37-39,64H2,2H3,(H,65,73)(H,66,74)(H,67,75)(H,68,76)(H,70,78)(H,82,83)(H,84,85)(H2,79,80,81)/b17-13+/t44-,54+,55?,58?/m0/s1. The maximum Gasteiger partial charge on any atom is 0.490 e. The third-order valence-electron chi connectivity index (χ3n) is 15.4. The number of para-hydroxylation sites is 1. The fourth-order valence-electron chi connectivity index (χ4n) is 10.9. The van der Waals surface area contributed by atoms with Crippen molar-refractivity contribution in [1.29, 1.82) is 0 Å². The third kappa shape index (κ3) is 20.9. The van der Waals surface area contributed by atoms with E-state index in [0.29, 0.717) is 82.1 Å². The van der Waals surface area contributed by atoms with Gasteiger partial charge in [-0.3, -0.25) is 28.6 Å². The van der Waals surface area contributed by atoms with Crippen LogP contribution in [0, 0.1) is 0 Å². The summed E-state index contributed by atoms with van der Waals surface area (Å²) in [4.78, 5) is 125. The Labute approximate surface area is 561 Å². The van der Waals surface area contributed by atoms with Gasteiger partial charge in [0.15, 0.2) is 6.29 Å². The van der Waals surface area contributed by atoms with Crippen LogP contribution in [0.2, 0.25) is 0 Å². The first-order valence-electron chi connectivity index (χ1n) is 31.1. The number of carbonyl (C=O) groups excluding carboxylic acids is 5. The fraction of sp³-hybridized carbons (Fsp3) is 0.381. The van der Waals surface area contributed by atoms with Gasteiger partial charge in [0.1, 0.15) is 47.5 Å². The quantitative estimate of drug-likeness (QED) is 0.00610. The number of hydrogen-bond acceptors (Lipinski definition) is 21. The molecule has 9 rings (SSSR count). The van der Waals surface area contributed by atoms with Crippen LogP contribution in [0.3, 0.4) is 0 Å². The molecule has 6 atom stereocenters. The zero-order valence-corrected chi connectivity index (χ0v) is 56.2. The van der Waals surface area contributed by atoms with Crippen molar-refractivity contribution in [3.63, 3.8) is 0 Å². The molecule has 3 aliphatic rings. The molecule has 0 spiro atoms. The number of urea groups is 1. The Balaban J connectivity index is 0.661.